The van der Waals surface area contributed by atoms with Crippen LogP contribution >= 0.6 is 0 Å². The Hall–Kier alpha value is -2.54. The SMILES string of the molecule is Cc1ccc(N)c(-c2ccccc2)c1-c1ccccc1. The molecule has 0 spiro atoms. The smallest absolute Gasteiger partial charge is 0.0400 e. The lowest BCUT2D eigenvalue weighted by Crippen LogP contribution is -1.95. The molecule has 0 saturated carbocycles. The van der Waals surface area contributed by atoms with Gasteiger partial charge in [0.05, 0.1) is 0 Å². The van der Waals surface area contributed by atoms with E-state index in [1.54, 1.807) is 0 Å². The molecule has 0 unspecified atom stereocenters. The van der Waals surface area contributed by atoms with Gasteiger partial charge in [0, 0.05) is 11.3 Å². The van der Waals surface area contributed by atoms with Crippen molar-refractivity contribution >= 4 is 5.69 Å². The summed E-state index contributed by atoms with van der Waals surface area (Å²) < 4.78 is 0. The highest BCUT2D eigenvalue weighted by Crippen LogP contribution is 2.38. The second-order valence-electron chi connectivity index (χ2n) is 4.95. The summed E-state index contributed by atoms with van der Waals surface area (Å²) in [5, 5.41) is 0. The van der Waals surface area contributed by atoms with Crippen LogP contribution in [0.15, 0.2) is 72.8 Å². The minimum Gasteiger partial charge on any atom is -0.398 e. The Labute approximate surface area is 119 Å². The highest BCUT2D eigenvalue weighted by molar-refractivity contribution is 5.92. The van der Waals surface area contributed by atoms with Gasteiger partial charge in [0.2, 0.25) is 0 Å². The number of nitrogens with two attached hydrogens (primary N) is 1. The Balaban J connectivity index is 2.32. The third-order valence-corrected chi connectivity index (χ3v) is 3.57. The molecular formula is C19H17N. The fourth-order valence-corrected chi connectivity index (χ4v) is 2.62. The van der Waals surface area contributed by atoms with Crippen LogP contribution in [0.1, 0.15) is 5.56 Å². The Morgan fingerprint density at radius 2 is 1.10 bits per heavy atom. The van der Waals surface area contributed by atoms with E-state index < -0.39 is 0 Å². The maximum absolute atomic E-state index is 6.26. The van der Waals surface area contributed by atoms with E-state index in [4.69, 9.17) is 5.73 Å². The molecular weight excluding hydrogens is 242 g/mol. The minimum atomic E-state index is 0.820. The maximum atomic E-state index is 6.26. The third-order valence-electron chi connectivity index (χ3n) is 3.57. The molecule has 1 nitrogen and oxygen atoms in total. The van der Waals surface area contributed by atoms with E-state index in [2.05, 4.69) is 49.4 Å². The van der Waals surface area contributed by atoms with Crippen LogP contribution in [-0.2, 0) is 0 Å². The summed E-state index contributed by atoms with van der Waals surface area (Å²) >= 11 is 0. The monoisotopic (exact) mass is 259 g/mol. The number of rotatable bonds is 2. The summed E-state index contributed by atoms with van der Waals surface area (Å²) in [4.78, 5) is 0. The van der Waals surface area contributed by atoms with Gasteiger partial charge >= 0.3 is 0 Å². The van der Waals surface area contributed by atoms with Gasteiger partial charge in [0.1, 0.15) is 0 Å². The van der Waals surface area contributed by atoms with Gasteiger partial charge in [0.15, 0.2) is 0 Å². The molecule has 0 atom stereocenters. The number of hydrogen-bond donors (Lipinski definition) is 1. The molecule has 0 amide bonds. The molecule has 3 aromatic rings. The number of benzene rings is 3. The summed E-state index contributed by atoms with van der Waals surface area (Å²) in [6.07, 6.45) is 0. The van der Waals surface area contributed by atoms with Gasteiger partial charge in [0.25, 0.3) is 0 Å². The molecule has 20 heavy (non-hydrogen) atoms. The van der Waals surface area contributed by atoms with Crippen molar-refractivity contribution in [2.75, 3.05) is 5.73 Å². The zero-order chi connectivity index (χ0) is 13.9. The maximum Gasteiger partial charge on any atom is 0.0400 e. The van der Waals surface area contributed by atoms with Crippen LogP contribution in [0.5, 0.6) is 0 Å². The van der Waals surface area contributed by atoms with Crippen molar-refractivity contribution in [2.24, 2.45) is 0 Å². The minimum absolute atomic E-state index is 0.820. The zero-order valence-corrected chi connectivity index (χ0v) is 11.5. The predicted molar refractivity (Wildman–Crippen MR) is 86.5 cm³/mol. The van der Waals surface area contributed by atoms with Crippen molar-refractivity contribution in [3.63, 3.8) is 0 Å². The first-order valence-corrected chi connectivity index (χ1v) is 6.77. The summed E-state index contributed by atoms with van der Waals surface area (Å²) in [5.74, 6) is 0. The molecule has 0 aromatic heterocycles. The Morgan fingerprint density at radius 1 is 0.600 bits per heavy atom. The van der Waals surface area contributed by atoms with Crippen LogP contribution < -0.4 is 5.73 Å². The van der Waals surface area contributed by atoms with Crippen molar-refractivity contribution in [3.8, 4) is 22.3 Å². The van der Waals surface area contributed by atoms with Gasteiger partial charge in [-0.3, -0.25) is 0 Å². The molecule has 0 bridgehead atoms. The van der Waals surface area contributed by atoms with Crippen molar-refractivity contribution in [3.05, 3.63) is 78.4 Å². The van der Waals surface area contributed by atoms with E-state index in [9.17, 15) is 0 Å². The number of nitrogen functional groups attached to an aromatic ring is 1. The lowest BCUT2D eigenvalue weighted by Gasteiger charge is -2.16. The molecule has 3 aromatic carbocycles. The fraction of sp³-hybridized carbons (Fsp3) is 0.0526. The second kappa shape index (κ2) is 5.22. The number of hydrogen-bond acceptors (Lipinski definition) is 1. The summed E-state index contributed by atoms with van der Waals surface area (Å²) in [7, 11) is 0. The van der Waals surface area contributed by atoms with Gasteiger partial charge < -0.3 is 5.73 Å². The first-order valence-electron chi connectivity index (χ1n) is 6.77. The highest BCUT2D eigenvalue weighted by Gasteiger charge is 2.12. The van der Waals surface area contributed by atoms with E-state index in [-0.39, 0.29) is 0 Å². The first-order chi connectivity index (χ1) is 9.77. The van der Waals surface area contributed by atoms with Crippen LogP contribution in [0, 0.1) is 6.92 Å². The Bertz CT molecular complexity index is 651. The van der Waals surface area contributed by atoms with Gasteiger partial charge in [-0.15, -0.1) is 0 Å². The van der Waals surface area contributed by atoms with Gasteiger partial charge in [-0.05, 0) is 35.2 Å². The van der Waals surface area contributed by atoms with Gasteiger partial charge in [-0.25, -0.2) is 0 Å². The molecule has 98 valence electrons. The fourth-order valence-electron chi connectivity index (χ4n) is 2.62. The van der Waals surface area contributed by atoms with Crippen LogP contribution in [0.4, 0.5) is 5.69 Å². The van der Waals surface area contributed by atoms with E-state index in [1.807, 2.05) is 30.3 Å². The molecule has 0 fully saturated rings. The summed E-state index contributed by atoms with van der Waals surface area (Å²) in [6.45, 7) is 2.13. The average molecular weight is 259 g/mol. The van der Waals surface area contributed by atoms with E-state index in [0.717, 1.165) is 16.8 Å². The molecule has 1 heteroatoms. The standard InChI is InChI=1S/C19H17N/c1-14-12-13-17(20)19(16-10-6-3-7-11-16)18(14)15-8-4-2-5-9-15/h2-13H,20H2,1H3. The molecule has 2 N–H and O–H groups in total. The normalized spacial score (nSPS) is 10.4. The van der Waals surface area contributed by atoms with Gasteiger partial charge in [-0.2, -0.15) is 0 Å². The number of aryl methyl sites for hydroxylation is 1. The van der Waals surface area contributed by atoms with Crippen molar-refractivity contribution < 1.29 is 0 Å². The Morgan fingerprint density at radius 3 is 1.65 bits per heavy atom. The molecule has 0 aliphatic rings. The molecule has 0 heterocycles. The third kappa shape index (κ3) is 2.19. The van der Waals surface area contributed by atoms with Crippen LogP contribution in [0.3, 0.4) is 0 Å². The van der Waals surface area contributed by atoms with Crippen molar-refractivity contribution in [2.45, 2.75) is 6.92 Å². The van der Waals surface area contributed by atoms with Crippen molar-refractivity contribution in [1.29, 1.82) is 0 Å². The second-order valence-corrected chi connectivity index (χ2v) is 4.95. The Kier molecular flexibility index (Phi) is 3.26. The van der Waals surface area contributed by atoms with Crippen LogP contribution in [0.25, 0.3) is 22.3 Å². The van der Waals surface area contributed by atoms with E-state index in [1.165, 1.54) is 16.7 Å². The largest absolute Gasteiger partial charge is 0.398 e. The average Bonchev–Trinajstić information content (AvgIpc) is 2.51. The molecule has 0 aliphatic heterocycles. The highest BCUT2D eigenvalue weighted by atomic mass is 14.6. The van der Waals surface area contributed by atoms with Crippen LogP contribution in [0.2, 0.25) is 0 Å². The molecule has 3 rings (SSSR count). The molecule has 0 aliphatic carbocycles. The lowest BCUT2D eigenvalue weighted by molar-refractivity contribution is 1.45. The summed E-state index contributed by atoms with van der Waals surface area (Å²) in [5.41, 5.74) is 13.0. The summed E-state index contributed by atoms with van der Waals surface area (Å²) in [6, 6.07) is 24.8. The number of anilines is 1. The first kappa shape index (κ1) is 12.5. The zero-order valence-electron chi connectivity index (χ0n) is 11.5. The molecule has 0 saturated heterocycles. The molecule has 0 radical (unpaired) electrons. The van der Waals surface area contributed by atoms with E-state index >= 15 is 0 Å². The van der Waals surface area contributed by atoms with Crippen LogP contribution in [-0.4, -0.2) is 0 Å². The van der Waals surface area contributed by atoms with Gasteiger partial charge in [-0.1, -0.05) is 66.7 Å². The quantitative estimate of drug-likeness (QED) is 0.650. The lowest BCUT2D eigenvalue weighted by atomic mass is 9.90. The predicted octanol–water partition coefficient (Wildman–Crippen LogP) is 4.91. The van der Waals surface area contributed by atoms with Crippen molar-refractivity contribution in [1.82, 2.24) is 0 Å². The topological polar surface area (TPSA) is 26.0 Å². The van der Waals surface area contributed by atoms with E-state index in [0.29, 0.717) is 0 Å².